The smallest absolute Gasteiger partial charge is 0.356 e. The maximum atomic E-state index is 13.1. The maximum Gasteiger partial charge on any atom is 0.416 e. The molecule has 1 aromatic carbocycles. The topological polar surface area (TPSA) is 65.5 Å². The number of alkyl halides is 3. The highest BCUT2D eigenvalue weighted by Gasteiger charge is 2.33. The molecule has 10 heteroatoms. The molecule has 1 aromatic heterocycles. The summed E-state index contributed by atoms with van der Waals surface area (Å²) in [6.45, 7) is 0.737. The van der Waals surface area contributed by atoms with E-state index in [0.717, 1.165) is 12.1 Å². The second-order valence-corrected chi connectivity index (χ2v) is 6.69. The summed E-state index contributed by atoms with van der Waals surface area (Å²) in [5, 5.41) is 10.3. The number of amides is 1. The molecule has 1 heterocycles. The van der Waals surface area contributed by atoms with Gasteiger partial charge in [0, 0.05) is 26.7 Å². The monoisotopic (exact) mass is 416 g/mol. The van der Waals surface area contributed by atoms with Crippen molar-refractivity contribution in [2.45, 2.75) is 19.1 Å². The highest BCUT2D eigenvalue weighted by Crippen LogP contribution is 2.32. The lowest BCUT2D eigenvalue weighted by Gasteiger charge is -2.16. The van der Waals surface area contributed by atoms with Crippen LogP contribution in [-0.2, 0) is 12.7 Å². The molecule has 0 spiro atoms. The van der Waals surface area contributed by atoms with Crippen LogP contribution in [-0.4, -0.2) is 32.0 Å². The Kier molecular flexibility index (Phi) is 7.80. The Labute approximate surface area is 163 Å². The molecule has 0 saturated carbocycles. The van der Waals surface area contributed by atoms with E-state index in [0.29, 0.717) is 36.4 Å². The van der Waals surface area contributed by atoms with Gasteiger partial charge in [-0.1, -0.05) is 12.1 Å². The van der Waals surface area contributed by atoms with E-state index < -0.39 is 17.6 Å². The van der Waals surface area contributed by atoms with Crippen LogP contribution in [0.1, 0.15) is 27.2 Å². The van der Waals surface area contributed by atoms with E-state index >= 15 is 0 Å². The fourth-order valence-corrected chi connectivity index (χ4v) is 3.00. The van der Waals surface area contributed by atoms with Crippen LogP contribution in [0.3, 0.4) is 0 Å². The number of nitrogens with one attached hydrogen (secondary N) is 3. The first-order chi connectivity index (χ1) is 13.3. The molecule has 28 heavy (non-hydrogen) atoms. The van der Waals surface area contributed by atoms with Crippen LogP contribution < -0.4 is 16.0 Å². The number of rotatable bonds is 7. The molecule has 0 fully saturated rings. The fraction of sp³-hybridized carbons (Fsp3) is 0.333. The lowest BCUT2D eigenvalue weighted by atomic mass is 10.1. The minimum Gasteiger partial charge on any atom is -0.356 e. The van der Waals surface area contributed by atoms with Crippen molar-refractivity contribution in [1.82, 2.24) is 16.0 Å². The van der Waals surface area contributed by atoms with Crippen molar-refractivity contribution in [3.8, 4) is 0 Å². The predicted octanol–water partition coefficient (Wildman–Crippen LogP) is 3.39. The number of carbonyl (C=O) groups is 1. The van der Waals surface area contributed by atoms with Gasteiger partial charge >= 0.3 is 6.18 Å². The van der Waals surface area contributed by atoms with Crippen LogP contribution in [0.5, 0.6) is 0 Å². The number of thiophene rings is 1. The third-order valence-corrected chi connectivity index (χ3v) is 4.59. The number of hydrogen-bond acceptors (Lipinski definition) is 3. The third-order valence-electron chi connectivity index (χ3n) is 3.72. The first kappa shape index (κ1) is 21.7. The van der Waals surface area contributed by atoms with Crippen molar-refractivity contribution in [3.63, 3.8) is 0 Å². The lowest BCUT2D eigenvalue weighted by molar-refractivity contribution is -0.138. The minimum atomic E-state index is -4.64. The number of nitrogens with zero attached hydrogens (tertiary/aromatic N) is 1. The van der Waals surface area contributed by atoms with Gasteiger partial charge in [-0.25, -0.2) is 4.39 Å². The molecule has 5 nitrogen and oxygen atoms in total. The number of carbonyl (C=O) groups excluding carboxylic acids is 1. The second-order valence-electron chi connectivity index (χ2n) is 5.74. The van der Waals surface area contributed by atoms with Gasteiger partial charge in [0.05, 0.1) is 10.4 Å². The summed E-state index contributed by atoms with van der Waals surface area (Å²) >= 11 is 1.35. The van der Waals surface area contributed by atoms with Gasteiger partial charge in [0.2, 0.25) is 0 Å². The van der Waals surface area contributed by atoms with Gasteiger partial charge in [0.1, 0.15) is 5.82 Å². The van der Waals surface area contributed by atoms with Crippen LogP contribution in [0, 0.1) is 5.82 Å². The molecule has 3 N–H and O–H groups in total. The van der Waals surface area contributed by atoms with E-state index in [4.69, 9.17) is 0 Å². The molecular formula is C18H20F4N4OS. The molecule has 0 aliphatic carbocycles. The van der Waals surface area contributed by atoms with E-state index in [-0.39, 0.29) is 18.0 Å². The maximum absolute atomic E-state index is 13.1. The molecule has 0 atom stereocenters. The van der Waals surface area contributed by atoms with Crippen molar-refractivity contribution < 1.29 is 22.4 Å². The van der Waals surface area contributed by atoms with Gasteiger partial charge in [-0.3, -0.25) is 9.79 Å². The van der Waals surface area contributed by atoms with Crippen LogP contribution in [0.15, 0.2) is 40.7 Å². The summed E-state index contributed by atoms with van der Waals surface area (Å²) in [6, 6.07) is 6.08. The van der Waals surface area contributed by atoms with Gasteiger partial charge in [-0.05, 0) is 35.6 Å². The Morgan fingerprint density at radius 2 is 1.89 bits per heavy atom. The second kappa shape index (κ2) is 10.1. The molecule has 0 radical (unpaired) electrons. The summed E-state index contributed by atoms with van der Waals surface area (Å²) in [4.78, 5) is 16.3. The van der Waals surface area contributed by atoms with Crippen molar-refractivity contribution in [1.29, 1.82) is 0 Å². The van der Waals surface area contributed by atoms with E-state index in [1.807, 2.05) is 5.38 Å². The fourth-order valence-electron chi connectivity index (χ4n) is 2.36. The van der Waals surface area contributed by atoms with E-state index in [9.17, 15) is 22.4 Å². The van der Waals surface area contributed by atoms with Crippen molar-refractivity contribution >= 4 is 23.2 Å². The van der Waals surface area contributed by atoms with Gasteiger partial charge in [-0.15, -0.1) is 11.3 Å². The van der Waals surface area contributed by atoms with Crippen molar-refractivity contribution in [3.05, 3.63) is 57.5 Å². The summed E-state index contributed by atoms with van der Waals surface area (Å²) < 4.78 is 52.2. The van der Waals surface area contributed by atoms with Crippen molar-refractivity contribution in [2.75, 3.05) is 20.1 Å². The number of halogens is 4. The number of guanidine groups is 1. The molecule has 0 unspecified atom stereocenters. The van der Waals surface area contributed by atoms with Gasteiger partial charge < -0.3 is 16.0 Å². The van der Waals surface area contributed by atoms with Gasteiger partial charge in [0.25, 0.3) is 5.91 Å². The Bertz CT molecular complexity index is 806. The molecule has 2 aromatic rings. The number of benzene rings is 1. The third kappa shape index (κ3) is 6.52. The Hall–Kier alpha value is -2.62. The first-order valence-corrected chi connectivity index (χ1v) is 9.31. The standard InChI is InChI=1S/C18H20F4N4OS/c1-23-17(25-8-3-7-24-16(27)15-4-2-9-28-15)26-11-12-5-6-13(19)10-14(12)18(20,21)22/h2,4-6,9-10H,3,7-8,11H2,1H3,(H,24,27)(H2,23,25,26). The minimum absolute atomic E-state index is 0.0833. The summed E-state index contributed by atoms with van der Waals surface area (Å²) in [5.41, 5.74) is -1.10. The SMILES string of the molecule is CN=C(NCCCNC(=O)c1cccs1)NCc1ccc(F)cc1C(F)(F)F. The Balaban J connectivity index is 1.77. The number of hydrogen-bond donors (Lipinski definition) is 3. The largest absolute Gasteiger partial charge is 0.416 e. The predicted molar refractivity (Wildman–Crippen MR) is 101 cm³/mol. The van der Waals surface area contributed by atoms with Gasteiger partial charge in [0.15, 0.2) is 5.96 Å². The molecule has 0 aliphatic rings. The Morgan fingerprint density at radius 1 is 1.14 bits per heavy atom. The van der Waals surface area contributed by atoms with E-state index in [1.165, 1.54) is 18.4 Å². The van der Waals surface area contributed by atoms with Gasteiger partial charge in [-0.2, -0.15) is 13.2 Å². The summed E-state index contributed by atoms with van der Waals surface area (Å²) in [6.07, 6.45) is -4.04. The highest BCUT2D eigenvalue weighted by molar-refractivity contribution is 7.12. The zero-order chi connectivity index (χ0) is 20.6. The first-order valence-electron chi connectivity index (χ1n) is 8.43. The zero-order valence-electron chi connectivity index (χ0n) is 15.1. The molecule has 0 saturated heterocycles. The van der Waals surface area contributed by atoms with Crippen molar-refractivity contribution in [2.24, 2.45) is 4.99 Å². The van der Waals surface area contributed by atoms with Crippen LogP contribution >= 0.6 is 11.3 Å². The average molecular weight is 416 g/mol. The Morgan fingerprint density at radius 3 is 2.54 bits per heavy atom. The highest BCUT2D eigenvalue weighted by atomic mass is 32.1. The summed E-state index contributed by atoms with van der Waals surface area (Å²) in [5.74, 6) is -0.779. The van der Waals surface area contributed by atoms with Crippen LogP contribution in [0.2, 0.25) is 0 Å². The number of aliphatic imine (C=N–C) groups is 1. The molecule has 152 valence electrons. The van der Waals surface area contributed by atoms with E-state index in [2.05, 4.69) is 20.9 Å². The lowest BCUT2D eigenvalue weighted by Crippen LogP contribution is -2.38. The van der Waals surface area contributed by atoms with Crippen LogP contribution in [0.25, 0.3) is 0 Å². The average Bonchev–Trinajstić information content (AvgIpc) is 3.18. The molecule has 1 amide bonds. The molecule has 0 bridgehead atoms. The normalized spacial score (nSPS) is 12.0. The molecule has 0 aliphatic heterocycles. The van der Waals surface area contributed by atoms with Crippen LogP contribution in [0.4, 0.5) is 17.6 Å². The molecule has 2 rings (SSSR count). The quantitative estimate of drug-likeness (QED) is 0.281. The van der Waals surface area contributed by atoms with E-state index in [1.54, 1.807) is 12.1 Å². The summed E-state index contributed by atoms with van der Waals surface area (Å²) in [7, 11) is 1.49. The molecular weight excluding hydrogens is 396 g/mol. The zero-order valence-corrected chi connectivity index (χ0v) is 15.9.